The van der Waals surface area contributed by atoms with Crippen LogP contribution in [0.4, 0.5) is 5.69 Å². The van der Waals surface area contributed by atoms with E-state index in [9.17, 15) is 13.2 Å². The second-order valence-corrected chi connectivity index (χ2v) is 7.11. The number of benzene rings is 2. The van der Waals surface area contributed by atoms with E-state index < -0.39 is 10.0 Å². The molecule has 25 heavy (non-hydrogen) atoms. The lowest BCUT2D eigenvalue weighted by molar-refractivity contribution is -0.120. The number of aromatic nitrogens is 2. The van der Waals surface area contributed by atoms with Gasteiger partial charge < -0.3 is 10.5 Å². The van der Waals surface area contributed by atoms with Crippen molar-refractivity contribution in [2.24, 2.45) is 0 Å². The van der Waals surface area contributed by atoms with Gasteiger partial charge in [-0.2, -0.15) is 8.42 Å². The van der Waals surface area contributed by atoms with E-state index in [-0.39, 0.29) is 28.0 Å². The molecule has 1 heterocycles. The zero-order chi connectivity index (χ0) is 18.0. The van der Waals surface area contributed by atoms with Crippen LogP contribution >= 0.6 is 11.6 Å². The van der Waals surface area contributed by atoms with Crippen molar-refractivity contribution < 1.29 is 17.9 Å². The molecule has 0 saturated heterocycles. The van der Waals surface area contributed by atoms with E-state index in [1.165, 1.54) is 24.3 Å². The topological polar surface area (TPSA) is 104 Å². The molecule has 0 fully saturated rings. The molecule has 2 N–H and O–H groups in total. The summed E-state index contributed by atoms with van der Waals surface area (Å²) in [6.45, 7) is 0.128. The predicted octanol–water partition coefficient (Wildman–Crippen LogP) is 2.56. The summed E-state index contributed by atoms with van der Waals surface area (Å²) in [5.41, 5.74) is 6.62. The number of nitrogens with zero attached hydrogens (tertiary/aromatic N) is 2. The lowest BCUT2D eigenvalue weighted by Gasteiger charge is -2.09. The molecule has 3 aromatic rings. The van der Waals surface area contributed by atoms with Crippen molar-refractivity contribution in [3.05, 3.63) is 59.6 Å². The lowest BCUT2D eigenvalue weighted by atomic mass is 10.2. The summed E-state index contributed by atoms with van der Waals surface area (Å²) in [5, 5.41) is 3.77. The number of nitrogen functional groups attached to an aromatic ring is 1. The average molecular weight is 378 g/mol. The summed E-state index contributed by atoms with van der Waals surface area (Å²) in [7, 11) is -4.08. The Morgan fingerprint density at radius 2 is 1.72 bits per heavy atom. The Kier molecular flexibility index (Phi) is 4.47. The van der Waals surface area contributed by atoms with Crippen LogP contribution in [0.5, 0.6) is 5.88 Å². The van der Waals surface area contributed by atoms with Crippen molar-refractivity contribution in [2.45, 2.75) is 4.90 Å². The van der Waals surface area contributed by atoms with Crippen LogP contribution in [0.1, 0.15) is 0 Å². The first-order chi connectivity index (χ1) is 11.9. The molecule has 0 aliphatic heterocycles. The minimum atomic E-state index is -4.08. The van der Waals surface area contributed by atoms with Crippen LogP contribution in [-0.2, 0) is 14.8 Å². The van der Waals surface area contributed by atoms with Gasteiger partial charge in [0.05, 0.1) is 4.90 Å². The maximum absolute atomic E-state index is 13.0. The van der Waals surface area contributed by atoms with E-state index in [1.807, 2.05) is 0 Å². The van der Waals surface area contributed by atoms with Gasteiger partial charge in [-0.3, -0.25) is 4.79 Å². The Morgan fingerprint density at radius 1 is 1.08 bits per heavy atom. The van der Waals surface area contributed by atoms with Gasteiger partial charge >= 0.3 is 0 Å². The monoisotopic (exact) mass is 377 g/mol. The maximum atomic E-state index is 13.0. The second-order valence-electron chi connectivity index (χ2n) is 4.96. The molecule has 128 valence electrons. The minimum Gasteiger partial charge on any atom is -0.406 e. The maximum Gasteiger partial charge on any atom is 0.299 e. The number of anilines is 1. The largest absolute Gasteiger partial charge is 0.406 e. The Labute approximate surface area is 148 Å². The molecule has 0 saturated carbocycles. The minimum absolute atomic E-state index is 0.0318. The number of hydrogen-bond donors (Lipinski definition) is 1. The molecule has 0 bridgehead atoms. The van der Waals surface area contributed by atoms with Gasteiger partial charge in [0, 0.05) is 11.3 Å². The van der Waals surface area contributed by atoms with Crippen LogP contribution in [0.15, 0.2) is 59.5 Å². The fraction of sp³-hybridized carbons (Fsp3) is 0. The highest BCUT2D eigenvalue weighted by Gasteiger charge is 2.28. The van der Waals surface area contributed by atoms with E-state index in [0.29, 0.717) is 11.3 Å². The van der Waals surface area contributed by atoms with Crippen LogP contribution < -0.4 is 10.5 Å². The first kappa shape index (κ1) is 17.0. The molecule has 0 radical (unpaired) electrons. The first-order valence-electron chi connectivity index (χ1n) is 7.00. The molecular weight excluding hydrogens is 366 g/mol. The van der Waals surface area contributed by atoms with Crippen molar-refractivity contribution in [3.63, 3.8) is 0 Å². The zero-order valence-corrected chi connectivity index (χ0v) is 14.2. The highest BCUT2D eigenvalue weighted by atomic mass is 35.5. The van der Waals surface area contributed by atoms with E-state index in [1.54, 1.807) is 30.3 Å². The van der Waals surface area contributed by atoms with E-state index in [2.05, 4.69) is 5.10 Å². The van der Waals surface area contributed by atoms with Crippen molar-refractivity contribution in [3.8, 4) is 17.1 Å². The van der Waals surface area contributed by atoms with Crippen molar-refractivity contribution >= 4 is 33.8 Å². The highest BCUT2D eigenvalue weighted by Crippen LogP contribution is 2.37. The van der Waals surface area contributed by atoms with E-state index in [4.69, 9.17) is 22.1 Å². The van der Waals surface area contributed by atoms with Gasteiger partial charge in [0.2, 0.25) is 0 Å². The average Bonchev–Trinajstić information content (AvgIpc) is 2.94. The molecular formula is C16H12ClN3O4S. The number of nitrogens with two attached hydrogens (primary N) is 1. The van der Waals surface area contributed by atoms with Crippen LogP contribution in [-0.4, -0.2) is 24.1 Å². The van der Waals surface area contributed by atoms with E-state index in [0.717, 1.165) is 4.09 Å². The van der Waals surface area contributed by atoms with Gasteiger partial charge in [0.1, 0.15) is 10.7 Å². The highest BCUT2D eigenvalue weighted by molar-refractivity contribution is 7.90. The molecule has 9 heteroatoms. The van der Waals surface area contributed by atoms with Gasteiger partial charge in [0.25, 0.3) is 22.4 Å². The number of carbonyl (C=O) groups excluding carboxylic acids is 1. The molecule has 0 amide bonds. The summed E-state index contributed by atoms with van der Waals surface area (Å²) in [6.07, 6.45) is 0. The summed E-state index contributed by atoms with van der Waals surface area (Å²) >= 11 is 6.21. The Hall–Kier alpha value is -2.84. The third kappa shape index (κ3) is 3.09. The van der Waals surface area contributed by atoms with Gasteiger partial charge in [-0.25, -0.2) is 0 Å². The molecule has 0 aliphatic rings. The van der Waals surface area contributed by atoms with Crippen LogP contribution in [0, 0.1) is 0 Å². The standard InChI is InChI=1S/C16H12ClN3O4S/c17-14-15(11-4-2-1-3-5-11)20(19-16(14)24-10-21)25(22,23)13-8-6-12(18)7-9-13/h1-10H,18H2. The lowest BCUT2D eigenvalue weighted by Crippen LogP contribution is -2.16. The molecule has 0 aliphatic carbocycles. The third-order valence-electron chi connectivity index (χ3n) is 3.38. The quantitative estimate of drug-likeness (QED) is 0.541. The van der Waals surface area contributed by atoms with Gasteiger partial charge in [-0.05, 0) is 24.3 Å². The smallest absolute Gasteiger partial charge is 0.299 e. The number of halogens is 1. The molecule has 7 nitrogen and oxygen atoms in total. The van der Waals surface area contributed by atoms with Gasteiger partial charge in [-0.15, -0.1) is 9.19 Å². The number of carbonyl (C=O) groups is 1. The summed E-state index contributed by atoms with van der Waals surface area (Å²) in [4.78, 5) is 10.6. The summed E-state index contributed by atoms with van der Waals surface area (Å²) in [5.74, 6) is -0.297. The van der Waals surface area contributed by atoms with Crippen molar-refractivity contribution in [2.75, 3.05) is 5.73 Å². The molecule has 1 aromatic heterocycles. The summed E-state index contributed by atoms with van der Waals surface area (Å²) in [6, 6.07) is 14.2. The molecule has 2 aromatic carbocycles. The number of ether oxygens (including phenoxy) is 1. The summed E-state index contributed by atoms with van der Waals surface area (Å²) < 4.78 is 31.4. The van der Waals surface area contributed by atoms with Crippen molar-refractivity contribution in [1.29, 1.82) is 0 Å². The number of rotatable bonds is 5. The zero-order valence-electron chi connectivity index (χ0n) is 12.7. The number of hydrogen-bond acceptors (Lipinski definition) is 6. The van der Waals surface area contributed by atoms with Gasteiger partial charge in [0.15, 0.2) is 0 Å². The van der Waals surface area contributed by atoms with Crippen molar-refractivity contribution in [1.82, 2.24) is 9.19 Å². The fourth-order valence-electron chi connectivity index (χ4n) is 2.23. The van der Waals surface area contributed by atoms with Gasteiger partial charge in [-0.1, -0.05) is 41.9 Å². The molecule has 0 spiro atoms. The Bertz CT molecular complexity index is 1020. The van der Waals surface area contributed by atoms with Crippen LogP contribution in [0.25, 0.3) is 11.3 Å². The Morgan fingerprint density at radius 3 is 2.32 bits per heavy atom. The van der Waals surface area contributed by atoms with Crippen LogP contribution in [0.2, 0.25) is 5.02 Å². The molecule has 3 rings (SSSR count). The SMILES string of the molecule is Nc1ccc(S(=O)(=O)n2nc(OC=O)c(Cl)c2-c2ccccc2)cc1. The second kappa shape index (κ2) is 6.58. The molecule has 0 atom stereocenters. The fourth-order valence-corrected chi connectivity index (χ4v) is 3.85. The third-order valence-corrected chi connectivity index (χ3v) is 5.31. The molecule has 0 unspecified atom stereocenters. The normalized spacial score (nSPS) is 11.2. The van der Waals surface area contributed by atoms with Crippen LogP contribution in [0.3, 0.4) is 0 Å². The predicted molar refractivity (Wildman–Crippen MR) is 92.8 cm³/mol. The first-order valence-corrected chi connectivity index (χ1v) is 8.82. The Balaban J connectivity index is 2.26. The van der Waals surface area contributed by atoms with E-state index >= 15 is 0 Å².